The molecule has 5 nitrogen and oxygen atoms in total. The van der Waals surface area contributed by atoms with Gasteiger partial charge < -0.3 is 15.6 Å². The molecule has 0 aliphatic carbocycles. The first-order chi connectivity index (χ1) is 11.0. The van der Waals surface area contributed by atoms with Gasteiger partial charge in [0.15, 0.2) is 0 Å². The van der Waals surface area contributed by atoms with Gasteiger partial charge in [-0.05, 0) is 56.8 Å². The lowest BCUT2D eigenvalue weighted by molar-refractivity contribution is -0.143. The molecule has 1 heterocycles. The van der Waals surface area contributed by atoms with Gasteiger partial charge in [0.05, 0.1) is 18.2 Å². The zero-order valence-corrected chi connectivity index (χ0v) is 14.1. The van der Waals surface area contributed by atoms with Crippen LogP contribution in [0.15, 0.2) is 18.2 Å². The van der Waals surface area contributed by atoms with E-state index in [2.05, 4.69) is 24.8 Å². The van der Waals surface area contributed by atoms with Crippen molar-refractivity contribution in [2.75, 3.05) is 25.4 Å². The number of carbonyl (C=O) groups is 1. The van der Waals surface area contributed by atoms with Gasteiger partial charge >= 0.3 is 5.97 Å². The van der Waals surface area contributed by atoms with Crippen molar-refractivity contribution in [3.05, 3.63) is 23.8 Å². The summed E-state index contributed by atoms with van der Waals surface area (Å²) in [4.78, 5) is 13.5. The van der Waals surface area contributed by atoms with Crippen molar-refractivity contribution in [2.45, 2.75) is 45.6 Å². The maximum Gasteiger partial charge on any atom is 0.307 e. The van der Waals surface area contributed by atoms with Gasteiger partial charge in [0.2, 0.25) is 0 Å². The molecule has 0 spiro atoms. The van der Waals surface area contributed by atoms with Crippen molar-refractivity contribution in [2.24, 2.45) is 5.92 Å². The molecule has 3 N–H and O–H groups in total. The molecule has 1 aromatic rings. The molecule has 0 aromatic heterocycles. The van der Waals surface area contributed by atoms with E-state index in [1.54, 1.807) is 0 Å². The van der Waals surface area contributed by atoms with Crippen molar-refractivity contribution in [1.29, 1.82) is 0 Å². The third-order valence-corrected chi connectivity index (χ3v) is 4.49. The Morgan fingerprint density at radius 3 is 2.96 bits per heavy atom. The van der Waals surface area contributed by atoms with E-state index in [-0.39, 0.29) is 5.92 Å². The third kappa shape index (κ3) is 4.86. The number of rotatable bonds is 7. The predicted octanol–water partition coefficient (Wildman–Crippen LogP) is 2.79. The lowest BCUT2D eigenvalue weighted by atomic mass is 9.95. The Kier molecular flexibility index (Phi) is 6.28. The molecule has 2 unspecified atom stereocenters. The fourth-order valence-electron chi connectivity index (χ4n) is 3.15. The maximum atomic E-state index is 11.2. The quantitative estimate of drug-likeness (QED) is 0.756. The highest BCUT2D eigenvalue weighted by Crippen LogP contribution is 2.25. The summed E-state index contributed by atoms with van der Waals surface area (Å²) < 4.78 is 5.60. The molecule has 1 fully saturated rings. The van der Waals surface area contributed by atoms with Crippen LogP contribution in [-0.2, 0) is 11.2 Å². The van der Waals surface area contributed by atoms with Crippen molar-refractivity contribution in [3.63, 3.8) is 0 Å². The zero-order chi connectivity index (χ0) is 16.8. The minimum absolute atomic E-state index is 0.235. The van der Waals surface area contributed by atoms with Gasteiger partial charge in [-0.25, -0.2) is 0 Å². The highest BCUT2D eigenvalue weighted by molar-refractivity contribution is 5.70. The van der Waals surface area contributed by atoms with Crippen LogP contribution >= 0.6 is 0 Å². The van der Waals surface area contributed by atoms with Crippen LogP contribution in [0.4, 0.5) is 5.69 Å². The van der Waals surface area contributed by atoms with E-state index in [1.165, 1.54) is 0 Å². The summed E-state index contributed by atoms with van der Waals surface area (Å²) >= 11 is 0. The Morgan fingerprint density at radius 1 is 1.52 bits per heavy atom. The highest BCUT2D eigenvalue weighted by Gasteiger charge is 2.27. The van der Waals surface area contributed by atoms with Crippen LogP contribution in [0.2, 0.25) is 0 Å². The zero-order valence-electron chi connectivity index (χ0n) is 14.1. The molecule has 23 heavy (non-hydrogen) atoms. The largest absolute Gasteiger partial charge is 0.491 e. The Morgan fingerprint density at radius 2 is 2.30 bits per heavy atom. The molecule has 2 rings (SSSR count). The Balaban J connectivity index is 1.95. The molecule has 0 bridgehead atoms. The van der Waals surface area contributed by atoms with Gasteiger partial charge in [-0.3, -0.25) is 9.69 Å². The standard InChI is InChI=1S/C18H28N2O3/c1-3-9-23-17-7-6-14(11-16(17)19)10-13(2)20-8-4-5-15(12-20)18(21)22/h6-7,11,13,15H,3-5,8-10,12,19H2,1-2H3,(H,21,22). The summed E-state index contributed by atoms with van der Waals surface area (Å²) in [5, 5.41) is 9.21. The summed E-state index contributed by atoms with van der Waals surface area (Å²) in [5.41, 5.74) is 7.90. The van der Waals surface area contributed by atoms with Crippen LogP contribution < -0.4 is 10.5 Å². The van der Waals surface area contributed by atoms with Crippen LogP contribution in [0.1, 0.15) is 38.7 Å². The molecule has 5 heteroatoms. The first-order valence-corrected chi connectivity index (χ1v) is 8.49. The molecular formula is C18H28N2O3. The second-order valence-corrected chi connectivity index (χ2v) is 6.45. The first kappa shape index (κ1) is 17.6. The molecule has 0 radical (unpaired) electrons. The highest BCUT2D eigenvalue weighted by atomic mass is 16.5. The van der Waals surface area contributed by atoms with Crippen molar-refractivity contribution in [1.82, 2.24) is 4.90 Å². The van der Waals surface area contributed by atoms with Crippen LogP contribution in [0, 0.1) is 5.92 Å². The number of benzene rings is 1. The van der Waals surface area contributed by atoms with Crippen LogP contribution in [-0.4, -0.2) is 41.7 Å². The summed E-state index contributed by atoms with van der Waals surface area (Å²) in [7, 11) is 0. The average Bonchev–Trinajstić information content (AvgIpc) is 2.54. The van der Waals surface area contributed by atoms with E-state index < -0.39 is 5.97 Å². The molecule has 1 saturated heterocycles. The number of piperidine rings is 1. The lowest BCUT2D eigenvalue weighted by Gasteiger charge is -2.35. The number of likely N-dealkylation sites (tertiary alicyclic amines) is 1. The minimum Gasteiger partial charge on any atom is -0.491 e. The summed E-state index contributed by atoms with van der Waals surface area (Å²) in [5.74, 6) is -0.170. The molecule has 1 aliphatic rings. The number of hydrogen-bond donors (Lipinski definition) is 2. The number of nitrogens with zero attached hydrogens (tertiary/aromatic N) is 1. The molecular weight excluding hydrogens is 292 g/mol. The van der Waals surface area contributed by atoms with E-state index in [0.717, 1.165) is 43.5 Å². The molecule has 1 aliphatic heterocycles. The fraction of sp³-hybridized carbons (Fsp3) is 0.611. The van der Waals surface area contributed by atoms with Crippen LogP contribution in [0.25, 0.3) is 0 Å². The summed E-state index contributed by atoms with van der Waals surface area (Å²) in [6.45, 7) is 6.50. The van der Waals surface area contributed by atoms with Crippen molar-refractivity contribution < 1.29 is 14.6 Å². The van der Waals surface area contributed by atoms with Gasteiger partial charge in [-0.2, -0.15) is 0 Å². The Labute approximate surface area is 138 Å². The predicted molar refractivity (Wildman–Crippen MR) is 91.7 cm³/mol. The number of aliphatic carboxylic acids is 1. The van der Waals surface area contributed by atoms with E-state index in [4.69, 9.17) is 10.5 Å². The summed E-state index contributed by atoms with van der Waals surface area (Å²) in [6.07, 6.45) is 3.56. The summed E-state index contributed by atoms with van der Waals surface area (Å²) in [6, 6.07) is 6.26. The Bertz CT molecular complexity index is 533. The number of carboxylic acids is 1. The number of hydrogen-bond acceptors (Lipinski definition) is 4. The van der Waals surface area contributed by atoms with E-state index in [1.807, 2.05) is 12.1 Å². The molecule has 128 valence electrons. The van der Waals surface area contributed by atoms with Gasteiger partial charge in [-0.15, -0.1) is 0 Å². The smallest absolute Gasteiger partial charge is 0.307 e. The minimum atomic E-state index is -0.677. The Hall–Kier alpha value is -1.75. The SMILES string of the molecule is CCCOc1ccc(CC(C)N2CCCC(C(=O)O)C2)cc1N. The topological polar surface area (TPSA) is 75.8 Å². The number of ether oxygens (including phenoxy) is 1. The van der Waals surface area contributed by atoms with E-state index in [0.29, 0.717) is 24.9 Å². The van der Waals surface area contributed by atoms with Gasteiger partial charge in [0.1, 0.15) is 5.75 Å². The molecule has 0 amide bonds. The number of anilines is 1. The van der Waals surface area contributed by atoms with Gasteiger partial charge in [0, 0.05) is 12.6 Å². The maximum absolute atomic E-state index is 11.2. The lowest BCUT2D eigenvalue weighted by Crippen LogP contribution is -2.44. The first-order valence-electron chi connectivity index (χ1n) is 8.49. The normalized spacial score (nSPS) is 20.2. The number of nitrogen functional groups attached to an aromatic ring is 1. The molecule has 2 atom stereocenters. The van der Waals surface area contributed by atoms with Crippen LogP contribution in [0.3, 0.4) is 0 Å². The number of carboxylic acid groups (broad SMARTS) is 1. The second-order valence-electron chi connectivity index (χ2n) is 6.45. The monoisotopic (exact) mass is 320 g/mol. The molecule has 0 saturated carbocycles. The molecule has 1 aromatic carbocycles. The van der Waals surface area contributed by atoms with E-state index >= 15 is 0 Å². The van der Waals surface area contributed by atoms with Gasteiger partial charge in [0.25, 0.3) is 0 Å². The van der Waals surface area contributed by atoms with Crippen LogP contribution in [0.5, 0.6) is 5.75 Å². The van der Waals surface area contributed by atoms with E-state index in [9.17, 15) is 9.90 Å². The average molecular weight is 320 g/mol. The number of nitrogens with two attached hydrogens (primary N) is 1. The van der Waals surface area contributed by atoms with Crippen molar-refractivity contribution >= 4 is 11.7 Å². The fourth-order valence-corrected chi connectivity index (χ4v) is 3.15. The van der Waals surface area contributed by atoms with Crippen molar-refractivity contribution in [3.8, 4) is 5.75 Å². The van der Waals surface area contributed by atoms with Gasteiger partial charge in [-0.1, -0.05) is 13.0 Å². The third-order valence-electron chi connectivity index (χ3n) is 4.49. The second kappa shape index (κ2) is 8.20.